The molecule has 0 amide bonds. The molecule has 0 bridgehead atoms. The van der Waals surface area contributed by atoms with Gasteiger partial charge in [0.2, 0.25) is 0 Å². The Hall–Kier alpha value is -1.04. The predicted molar refractivity (Wildman–Crippen MR) is 48.3 cm³/mol. The summed E-state index contributed by atoms with van der Waals surface area (Å²) in [5.41, 5.74) is -0.782. The Balaban J connectivity index is 2.71. The number of halogens is 3. The fourth-order valence-corrected chi connectivity index (χ4v) is 2.24. The summed E-state index contributed by atoms with van der Waals surface area (Å²) in [6, 6.07) is 1.46. The third-order valence-electron chi connectivity index (χ3n) is 1.92. The van der Waals surface area contributed by atoms with Gasteiger partial charge in [0.15, 0.2) is 5.69 Å². The Morgan fingerprint density at radius 2 is 2.21 bits per heavy atom. The molecule has 0 atom stereocenters. The van der Waals surface area contributed by atoms with E-state index >= 15 is 0 Å². The van der Waals surface area contributed by atoms with E-state index < -0.39 is 11.9 Å². The van der Waals surface area contributed by atoms with E-state index in [-0.39, 0.29) is 5.39 Å². The van der Waals surface area contributed by atoms with Crippen molar-refractivity contribution in [3.8, 4) is 0 Å². The van der Waals surface area contributed by atoms with Crippen LogP contribution >= 0.6 is 11.3 Å². The van der Waals surface area contributed by atoms with Gasteiger partial charge in [-0.2, -0.15) is 18.3 Å². The average molecular weight is 220 g/mol. The molecule has 0 unspecified atom stereocenters. The van der Waals surface area contributed by atoms with Gasteiger partial charge in [0.25, 0.3) is 0 Å². The summed E-state index contributed by atoms with van der Waals surface area (Å²) < 4.78 is 38.8. The van der Waals surface area contributed by atoms with Crippen molar-refractivity contribution in [3.05, 3.63) is 17.1 Å². The van der Waals surface area contributed by atoms with Gasteiger partial charge in [0, 0.05) is 11.9 Å². The van der Waals surface area contributed by atoms with E-state index in [0.717, 1.165) is 0 Å². The van der Waals surface area contributed by atoms with Crippen LogP contribution in [0.3, 0.4) is 0 Å². The first kappa shape index (κ1) is 9.51. The zero-order valence-corrected chi connectivity index (χ0v) is 8.11. The van der Waals surface area contributed by atoms with E-state index in [1.807, 2.05) is 0 Å². The van der Waals surface area contributed by atoms with Crippen molar-refractivity contribution in [1.82, 2.24) is 9.78 Å². The highest BCUT2D eigenvalue weighted by Crippen LogP contribution is 2.35. The van der Waals surface area contributed by atoms with Crippen molar-refractivity contribution in [3.63, 3.8) is 0 Å². The van der Waals surface area contributed by atoms with Crippen LogP contribution in [0.4, 0.5) is 13.2 Å². The maximum atomic E-state index is 12.5. The van der Waals surface area contributed by atoms with Gasteiger partial charge in [-0.15, -0.1) is 11.3 Å². The number of fused-ring (bicyclic) bond motifs is 1. The summed E-state index contributed by atoms with van der Waals surface area (Å²) in [6.45, 7) is 2.22. The number of hydrogen-bond donors (Lipinski definition) is 0. The molecule has 0 saturated heterocycles. The molecule has 6 heteroatoms. The molecule has 76 valence electrons. The lowest BCUT2D eigenvalue weighted by Gasteiger charge is -2.01. The van der Waals surface area contributed by atoms with Gasteiger partial charge < -0.3 is 0 Å². The van der Waals surface area contributed by atoms with Crippen LogP contribution in [-0.4, -0.2) is 9.78 Å². The highest BCUT2D eigenvalue weighted by atomic mass is 32.1. The monoisotopic (exact) mass is 220 g/mol. The Bertz CT molecular complexity index is 455. The zero-order valence-electron chi connectivity index (χ0n) is 7.30. The quantitative estimate of drug-likeness (QED) is 0.721. The van der Waals surface area contributed by atoms with E-state index in [1.165, 1.54) is 22.1 Å². The molecule has 2 nitrogen and oxygen atoms in total. The normalized spacial score (nSPS) is 12.6. The highest BCUT2D eigenvalue weighted by Gasteiger charge is 2.36. The van der Waals surface area contributed by atoms with Gasteiger partial charge in [-0.3, -0.25) is 4.68 Å². The standard InChI is InChI=1S/C8H7F3N2S/c1-2-13-7-5(3-4-14-7)6(12-13)8(9,10)11/h3-4H,2H2,1H3. The van der Waals surface area contributed by atoms with Crippen LogP contribution < -0.4 is 0 Å². The first-order valence-electron chi connectivity index (χ1n) is 4.05. The average Bonchev–Trinajstić information content (AvgIpc) is 2.59. The minimum absolute atomic E-state index is 0.198. The van der Waals surface area contributed by atoms with Crippen molar-refractivity contribution in [2.24, 2.45) is 0 Å². The number of nitrogens with zero attached hydrogens (tertiary/aromatic N) is 2. The van der Waals surface area contributed by atoms with Gasteiger partial charge in [0.05, 0.1) is 0 Å². The summed E-state index contributed by atoms with van der Waals surface area (Å²) in [6.07, 6.45) is -4.36. The van der Waals surface area contributed by atoms with Gasteiger partial charge in [0.1, 0.15) is 4.83 Å². The Labute approximate surface area is 82.0 Å². The third-order valence-corrected chi connectivity index (χ3v) is 2.85. The van der Waals surface area contributed by atoms with E-state index in [1.54, 1.807) is 12.3 Å². The Morgan fingerprint density at radius 3 is 2.79 bits per heavy atom. The second-order valence-electron chi connectivity index (χ2n) is 2.80. The molecule has 0 N–H and O–H groups in total. The maximum absolute atomic E-state index is 12.5. The molecule has 2 aromatic heterocycles. The van der Waals surface area contributed by atoms with E-state index in [2.05, 4.69) is 5.10 Å². The fourth-order valence-electron chi connectivity index (χ4n) is 1.33. The van der Waals surface area contributed by atoms with Crippen LogP contribution in [-0.2, 0) is 12.7 Å². The third kappa shape index (κ3) is 1.30. The second kappa shape index (κ2) is 2.98. The summed E-state index contributed by atoms with van der Waals surface area (Å²) in [5, 5.41) is 5.39. The first-order valence-corrected chi connectivity index (χ1v) is 4.93. The topological polar surface area (TPSA) is 17.8 Å². The van der Waals surface area contributed by atoms with Crippen LogP contribution in [0.25, 0.3) is 10.2 Å². The van der Waals surface area contributed by atoms with E-state index in [0.29, 0.717) is 11.4 Å². The molecule has 0 fully saturated rings. The molecule has 0 spiro atoms. The summed E-state index contributed by atoms with van der Waals surface area (Å²) in [4.78, 5) is 0.583. The van der Waals surface area contributed by atoms with Crippen LogP contribution in [0.15, 0.2) is 11.4 Å². The Morgan fingerprint density at radius 1 is 1.50 bits per heavy atom. The number of rotatable bonds is 1. The molecule has 0 saturated carbocycles. The minimum Gasteiger partial charge on any atom is -0.254 e. The largest absolute Gasteiger partial charge is 0.435 e. The van der Waals surface area contributed by atoms with E-state index in [9.17, 15) is 13.2 Å². The van der Waals surface area contributed by atoms with Crippen molar-refractivity contribution >= 4 is 21.6 Å². The molecular weight excluding hydrogens is 213 g/mol. The SMILES string of the molecule is CCn1nc(C(F)(F)F)c2ccsc21. The van der Waals surface area contributed by atoms with E-state index in [4.69, 9.17) is 0 Å². The van der Waals surface area contributed by atoms with Crippen molar-refractivity contribution < 1.29 is 13.2 Å². The van der Waals surface area contributed by atoms with Gasteiger partial charge in [-0.25, -0.2) is 0 Å². The number of aryl methyl sites for hydroxylation is 1. The summed E-state index contributed by atoms with van der Waals surface area (Å²) in [7, 11) is 0. The second-order valence-corrected chi connectivity index (χ2v) is 3.70. The molecule has 2 rings (SSSR count). The van der Waals surface area contributed by atoms with Crippen LogP contribution in [0.5, 0.6) is 0 Å². The molecule has 0 aromatic carbocycles. The number of alkyl halides is 3. The summed E-state index contributed by atoms with van der Waals surface area (Å²) in [5.74, 6) is 0. The maximum Gasteiger partial charge on any atom is 0.435 e. The highest BCUT2D eigenvalue weighted by molar-refractivity contribution is 7.16. The smallest absolute Gasteiger partial charge is 0.254 e. The molecule has 0 aliphatic carbocycles. The van der Waals surface area contributed by atoms with Crippen molar-refractivity contribution in [2.75, 3.05) is 0 Å². The van der Waals surface area contributed by atoms with Gasteiger partial charge >= 0.3 is 6.18 Å². The van der Waals surface area contributed by atoms with Crippen LogP contribution in [0, 0.1) is 0 Å². The zero-order chi connectivity index (χ0) is 10.3. The molecule has 0 aliphatic heterocycles. The fraction of sp³-hybridized carbons (Fsp3) is 0.375. The molecule has 14 heavy (non-hydrogen) atoms. The van der Waals surface area contributed by atoms with Crippen molar-refractivity contribution in [1.29, 1.82) is 0 Å². The molecule has 2 aromatic rings. The Kier molecular flexibility index (Phi) is 2.02. The van der Waals surface area contributed by atoms with Gasteiger partial charge in [-0.05, 0) is 18.4 Å². The van der Waals surface area contributed by atoms with Crippen LogP contribution in [0.2, 0.25) is 0 Å². The lowest BCUT2D eigenvalue weighted by atomic mass is 10.3. The molecule has 2 heterocycles. The number of aromatic nitrogens is 2. The molecular formula is C8H7F3N2S. The minimum atomic E-state index is -4.36. The lowest BCUT2D eigenvalue weighted by molar-refractivity contribution is -0.140. The molecule has 0 radical (unpaired) electrons. The van der Waals surface area contributed by atoms with Crippen LogP contribution in [0.1, 0.15) is 12.6 Å². The predicted octanol–water partition coefficient (Wildman–Crippen LogP) is 3.14. The lowest BCUT2D eigenvalue weighted by Crippen LogP contribution is -2.07. The number of thiophene rings is 1. The first-order chi connectivity index (χ1) is 6.54. The number of hydrogen-bond acceptors (Lipinski definition) is 2. The summed E-state index contributed by atoms with van der Waals surface area (Å²) >= 11 is 1.28. The van der Waals surface area contributed by atoms with Gasteiger partial charge in [-0.1, -0.05) is 0 Å². The molecule has 0 aliphatic rings. The van der Waals surface area contributed by atoms with Crippen molar-refractivity contribution in [2.45, 2.75) is 19.6 Å².